The number of nitrogens with zero attached hydrogens (tertiary/aromatic N) is 2. The average Bonchev–Trinajstić information content (AvgIpc) is 2.57. The Balaban J connectivity index is 2.17. The molecule has 0 radical (unpaired) electrons. The quantitative estimate of drug-likeness (QED) is 0.814. The van der Waals surface area contributed by atoms with Crippen LogP contribution in [0.1, 0.15) is 17.3 Å². The van der Waals surface area contributed by atoms with Crippen molar-refractivity contribution in [1.29, 1.82) is 0 Å². The molecule has 0 fully saturated rings. The van der Waals surface area contributed by atoms with Gasteiger partial charge in [0.2, 0.25) is 0 Å². The van der Waals surface area contributed by atoms with Crippen LogP contribution in [0.25, 0.3) is 0 Å². The Morgan fingerprint density at radius 2 is 1.79 bits per heavy atom. The van der Waals surface area contributed by atoms with Gasteiger partial charge < -0.3 is 15.5 Å². The molecule has 0 atom stereocenters. The van der Waals surface area contributed by atoms with Crippen molar-refractivity contribution < 1.29 is 9.59 Å². The van der Waals surface area contributed by atoms with Crippen LogP contribution in [0.2, 0.25) is 0 Å². The number of anilines is 2. The van der Waals surface area contributed by atoms with E-state index in [1.165, 1.54) is 4.90 Å². The number of rotatable bonds is 5. The van der Waals surface area contributed by atoms with E-state index in [9.17, 15) is 9.59 Å². The lowest BCUT2D eigenvalue weighted by Crippen LogP contribution is -2.28. The molecule has 126 valence electrons. The van der Waals surface area contributed by atoms with Crippen LogP contribution >= 0.6 is 11.8 Å². The van der Waals surface area contributed by atoms with Crippen molar-refractivity contribution in [2.75, 3.05) is 30.5 Å². The fraction of sp³-hybridized carbons (Fsp3) is 0.235. The molecule has 0 unspecified atom stereocenters. The molecule has 1 aromatic carbocycles. The van der Waals surface area contributed by atoms with Gasteiger partial charge in [0.15, 0.2) is 0 Å². The summed E-state index contributed by atoms with van der Waals surface area (Å²) in [5.41, 5.74) is 1.61. The van der Waals surface area contributed by atoms with E-state index in [0.717, 1.165) is 10.8 Å². The first-order valence-corrected chi connectivity index (χ1v) is 8.47. The summed E-state index contributed by atoms with van der Waals surface area (Å²) in [5.74, 6) is 0.638. The highest BCUT2D eigenvalue weighted by molar-refractivity contribution is 7.99. The molecule has 1 aromatic heterocycles. The van der Waals surface area contributed by atoms with E-state index in [2.05, 4.69) is 15.6 Å². The Morgan fingerprint density at radius 3 is 2.42 bits per heavy atom. The van der Waals surface area contributed by atoms with Gasteiger partial charge >= 0.3 is 6.03 Å². The van der Waals surface area contributed by atoms with Crippen LogP contribution in [0.15, 0.2) is 47.6 Å². The highest BCUT2D eigenvalue weighted by Gasteiger charge is 2.12. The average molecular weight is 344 g/mol. The fourth-order valence-corrected chi connectivity index (χ4v) is 2.54. The van der Waals surface area contributed by atoms with Gasteiger partial charge in [0, 0.05) is 25.9 Å². The highest BCUT2D eigenvalue weighted by Crippen LogP contribution is 2.23. The van der Waals surface area contributed by atoms with E-state index < -0.39 is 0 Å². The van der Waals surface area contributed by atoms with Crippen molar-refractivity contribution >= 4 is 35.1 Å². The number of nitrogens with one attached hydrogen (secondary N) is 2. The van der Waals surface area contributed by atoms with Crippen LogP contribution in [-0.2, 0) is 0 Å². The Morgan fingerprint density at radius 1 is 1.12 bits per heavy atom. The minimum absolute atomic E-state index is 0.248. The molecule has 6 nitrogen and oxygen atoms in total. The topological polar surface area (TPSA) is 74.3 Å². The summed E-state index contributed by atoms with van der Waals surface area (Å²) in [7, 11) is 3.31. The molecule has 0 aliphatic rings. The van der Waals surface area contributed by atoms with Gasteiger partial charge in [-0.15, -0.1) is 11.8 Å². The highest BCUT2D eigenvalue weighted by atomic mass is 32.2. The molecule has 7 heteroatoms. The van der Waals surface area contributed by atoms with Crippen molar-refractivity contribution in [3.8, 4) is 0 Å². The molecule has 24 heavy (non-hydrogen) atoms. The van der Waals surface area contributed by atoms with Crippen LogP contribution in [0, 0.1) is 0 Å². The zero-order valence-corrected chi connectivity index (χ0v) is 14.7. The molecule has 2 N–H and O–H groups in total. The lowest BCUT2D eigenvalue weighted by Gasteiger charge is -2.15. The zero-order chi connectivity index (χ0) is 17.5. The first-order chi connectivity index (χ1) is 11.5. The van der Waals surface area contributed by atoms with E-state index >= 15 is 0 Å². The third-order valence-corrected chi connectivity index (χ3v) is 3.92. The van der Waals surface area contributed by atoms with Crippen molar-refractivity contribution in [2.24, 2.45) is 0 Å². The number of carbonyl (C=O) groups excluding carboxylic acids is 2. The van der Waals surface area contributed by atoms with E-state index in [-0.39, 0.29) is 11.9 Å². The van der Waals surface area contributed by atoms with E-state index in [0.29, 0.717) is 16.9 Å². The van der Waals surface area contributed by atoms with Gasteiger partial charge in [0.25, 0.3) is 5.91 Å². The number of hydrogen-bond acceptors (Lipinski definition) is 4. The minimum atomic E-state index is -0.262. The number of aromatic nitrogens is 1. The monoisotopic (exact) mass is 344 g/mol. The lowest BCUT2D eigenvalue weighted by molar-refractivity contribution is 0.102. The third kappa shape index (κ3) is 4.73. The number of para-hydroxylation sites is 2. The normalized spacial score (nSPS) is 10.1. The molecule has 3 amide bonds. The second-order valence-electron chi connectivity index (χ2n) is 5.14. The Labute approximate surface area is 145 Å². The SMILES string of the molecule is CCSc1cc(C(=O)Nc2ccccc2NC(=O)N(C)C)ccn1. The van der Waals surface area contributed by atoms with Gasteiger partial charge in [-0.2, -0.15) is 0 Å². The summed E-state index contributed by atoms with van der Waals surface area (Å²) in [4.78, 5) is 29.9. The van der Waals surface area contributed by atoms with Crippen LogP contribution in [0.3, 0.4) is 0 Å². The molecule has 0 aliphatic carbocycles. The summed E-state index contributed by atoms with van der Waals surface area (Å²) in [6.07, 6.45) is 1.62. The van der Waals surface area contributed by atoms with E-state index in [4.69, 9.17) is 0 Å². The third-order valence-electron chi connectivity index (χ3n) is 3.11. The molecule has 0 aliphatic heterocycles. The molecule has 0 bridgehead atoms. The van der Waals surface area contributed by atoms with Crippen molar-refractivity contribution in [1.82, 2.24) is 9.88 Å². The molecule has 0 saturated carbocycles. The van der Waals surface area contributed by atoms with Gasteiger partial charge in [-0.3, -0.25) is 4.79 Å². The number of amides is 3. The summed E-state index contributed by atoms with van der Waals surface area (Å²) in [5, 5.41) is 6.39. The maximum Gasteiger partial charge on any atom is 0.321 e. The number of pyridine rings is 1. The van der Waals surface area contributed by atoms with Crippen molar-refractivity contribution in [2.45, 2.75) is 11.9 Å². The Bertz CT molecular complexity index is 734. The maximum absolute atomic E-state index is 12.5. The zero-order valence-electron chi connectivity index (χ0n) is 13.9. The summed E-state index contributed by atoms with van der Waals surface area (Å²) < 4.78 is 0. The second-order valence-corrected chi connectivity index (χ2v) is 6.42. The minimum Gasteiger partial charge on any atom is -0.331 e. The fourth-order valence-electron chi connectivity index (χ4n) is 1.90. The second kappa shape index (κ2) is 8.35. The van der Waals surface area contributed by atoms with Crippen LogP contribution in [0.5, 0.6) is 0 Å². The van der Waals surface area contributed by atoms with Gasteiger partial charge in [-0.1, -0.05) is 19.1 Å². The van der Waals surface area contributed by atoms with Crippen molar-refractivity contribution in [3.05, 3.63) is 48.2 Å². The van der Waals surface area contributed by atoms with Crippen LogP contribution in [-0.4, -0.2) is 41.7 Å². The Hall–Kier alpha value is -2.54. The van der Waals surface area contributed by atoms with Crippen molar-refractivity contribution in [3.63, 3.8) is 0 Å². The molecule has 2 aromatic rings. The molecule has 0 saturated heterocycles. The van der Waals surface area contributed by atoms with Gasteiger partial charge in [-0.05, 0) is 30.0 Å². The number of carbonyl (C=O) groups is 2. The molecular formula is C17H20N4O2S. The smallest absolute Gasteiger partial charge is 0.321 e. The number of hydrogen-bond donors (Lipinski definition) is 2. The van der Waals surface area contributed by atoms with Crippen LogP contribution < -0.4 is 10.6 Å². The molecule has 2 rings (SSSR count). The molecule has 0 spiro atoms. The summed E-state index contributed by atoms with van der Waals surface area (Å²) in [6, 6.07) is 10.2. The van der Waals surface area contributed by atoms with E-state index in [1.54, 1.807) is 68.5 Å². The maximum atomic E-state index is 12.5. The van der Waals surface area contributed by atoms with Gasteiger partial charge in [0.1, 0.15) is 0 Å². The predicted octanol–water partition coefficient (Wildman–Crippen LogP) is 3.54. The van der Waals surface area contributed by atoms with Gasteiger partial charge in [-0.25, -0.2) is 9.78 Å². The van der Waals surface area contributed by atoms with E-state index in [1.807, 2.05) is 6.92 Å². The molecular weight excluding hydrogens is 324 g/mol. The first kappa shape index (κ1) is 17.8. The van der Waals surface area contributed by atoms with Crippen LogP contribution in [0.4, 0.5) is 16.2 Å². The standard InChI is InChI=1S/C17H20N4O2S/c1-4-24-15-11-12(9-10-18-15)16(22)19-13-7-5-6-8-14(13)20-17(23)21(2)3/h5-11H,4H2,1-3H3,(H,19,22)(H,20,23). The number of urea groups is 1. The Kier molecular flexibility index (Phi) is 6.20. The predicted molar refractivity (Wildman–Crippen MR) is 97.7 cm³/mol. The largest absolute Gasteiger partial charge is 0.331 e. The summed E-state index contributed by atoms with van der Waals surface area (Å²) >= 11 is 1.57. The summed E-state index contributed by atoms with van der Waals surface area (Å²) in [6.45, 7) is 2.03. The van der Waals surface area contributed by atoms with Gasteiger partial charge in [0.05, 0.1) is 16.4 Å². The number of thioether (sulfide) groups is 1. The number of benzene rings is 1. The lowest BCUT2D eigenvalue weighted by atomic mass is 10.2. The molecule has 1 heterocycles. The first-order valence-electron chi connectivity index (χ1n) is 7.48.